The Morgan fingerprint density at radius 3 is 2.67 bits per heavy atom. The number of halogens is 2. The predicted octanol–water partition coefficient (Wildman–Crippen LogP) is 2.71. The lowest BCUT2D eigenvalue weighted by Crippen LogP contribution is -2.08. The van der Waals surface area contributed by atoms with E-state index in [1.54, 1.807) is 0 Å². The second kappa shape index (κ2) is 6.15. The molecule has 7 heteroatoms. The molecule has 1 aromatic carbocycles. The highest BCUT2D eigenvalue weighted by molar-refractivity contribution is 8.13. The van der Waals surface area contributed by atoms with E-state index in [1.165, 1.54) is 0 Å². The minimum atomic E-state index is -4.23. The van der Waals surface area contributed by atoms with Gasteiger partial charge in [-0.05, 0) is 24.6 Å². The molecule has 0 spiro atoms. The summed E-state index contributed by atoms with van der Waals surface area (Å²) in [6.45, 7) is 2.17. The molecule has 0 N–H and O–H groups in total. The van der Waals surface area contributed by atoms with Crippen molar-refractivity contribution in [2.45, 2.75) is 24.7 Å². The van der Waals surface area contributed by atoms with Crippen LogP contribution in [0.25, 0.3) is 0 Å². The van der Waals surface area contributed by atoms with Gasteiger partial charge in [-0.2, -0.15) is 0 Å². The van der Waals surface area contributed by atoms with Gasteiger partial charge in [-0.3, -0.25) is 0 Å². The fourth-order valence-electron chi connectivity index (χ4n) is 1.21. The monoisotopic (exact) mass is 294 g/mol. The van der Waals surface area contributed by atoms with Gasteiger partial charge in [0, 0.05) is 10.7 Å². The molecule has 100 valence electrons. The molecule has 0 bridgehead atoms. The quantitative estimate of drug-likeness (QED) is 0.476. The van der Waals surface area contributed by atoms with Crippen molar-refractivity contribution < 1.29 is 22.3 Å². The van der Waals surface area contributed by atoms with E-state index in [2.05, 4.69) is 0 Å². The van der Waals surface area contributed by atoms with Crippen LogP contribution in [0.4, 0.5) is 4.39 Å². The molecule has 1 rings (SSSR count). The number of hydrogen-bond acceptors (Lipinski definition) is 4. The Kier molecular flexibility index (Phi) is 5.10. The number of carbonyl (C=O) groups excluding carboxylic acids is 1. The smallest absolute Gasteiger partial charge is 0.338 e. The fraction of sp³-hybridized carbons (Fsp3) is 0.364. The SMILES string of the molecule is CCCCOC(=O)c1ccc(F)c(S(=O)(=O)Cl)c1. The van der Waals surface area contributed by atoms with Crippen molar-refractivity contribution in [3.05, 3.63) is 29.6 Å². The molecule has 4 nitrogen and oxygen atoms in total. The molecule has 0 heterocycles. The molecule has 0 aliphatic rings. The van der Waals surface area contributed by atoms with Crippen LogP contribution >= 0.6 is 10.7 Å². The molecule has 0 unspecified atom stereocenters. The van der Waals surface area contributed by atoms with Gasteiger partial charge in [-0.1, -0.05) is 13.3 Å². The van der Waals surface area contributed by atoms with E-state index < -0.39 is 25.7 Å². The molecule has 0 aliphatic carbocycles. The molecule has 0 radical (unpaired) electrons. The first kappa shape index (κ1) is 14.9. The lowest BCUT2D eigenvalue weighted by Gasteiger charge is -2.05. The summed E-state index contributed by atoms with van der Waals surface area (Å²) in [6.07, 6.45) is 1.56. The maximum atomic E-state index is 13.2. The third kappa shape index (κ3) is 3.96. The molecule has 0 aromatic heterocycles. The third-order valence-electron chi connectivity index (χ3n) is 2.16. The number of benzene rings is 1. The second-order valence-electron chi connectivity index (χ2n) is 3.57. The van der Waals surface area contributed by atoms with Crippen LogP contribution in [-0.2, 0) is 13.8 Å². The number of unbranched alkanes of at least 4 members (excludes halogenated alkanes) is 1. The van der Waals surface area contributed by atoms with Crippen molar-refractivity contribution in [3.63, 3.8) is 0 Å². The average molecular weight is 295 g/mol. The lowest BCUT2D eigenvalue weighted by molar-refractivity contribution is 0.0499. The zero-order valence-electron chi connectivity index (χ0n) is 9.65. The summed E-state index contributed by atoms with van der Waals surface area (Å²) in [4.78, 5) is 10.8. The van der Waals surface area contributed by atoms with Gasteiger partial charge in [0.25, 0.3) is 9.05 Å². The van der Waals surface area contributed by atoms with Crippen LogP contribution in [0.5, 0.6) is 0 Å². The van der Waals surface area contributed by atoms with E-state index in [0.717, 1.165) is 24.6 Å². The zero-order valence-corrected chi connectivity index (χ0v) is 11.2. The minimum Gasteiger partial charge on any atom is -0.462 e. The molecule has 0 saturated heterocycles. The Balaban J connectivity index is 2.95. The number of carbonyl (C=O) groups is 1. The molecule has 0 amide bonds. The van der Waals surface area contributed by atoms with Crippen LogP contribution in [0.1, 0.15) is 30.1 Å². The highest BCUT2D eigenvalue weighted by atomic mass is 35.7. The van der Waals surface area contributed by atoms with Crippen LogP contribution in [0.2, 0.25) is 0 Å². The van der Waals surface area contributed by atoms with E-state index in [9.17, 15) is 17.6 Å². The van der Waals surface area contributed by atoms with Crippen molar-refractivity contribution in [2.75, 3.05) is 6.61 Å². The fourth-order valence-corrected chi connectivity index (χ4v) is 2.13. The Morgan fingerprint density at radius 1 is 1.44 bits per heavy atom. The first-order valence-electron chi connectivity index (χ1n) is 5.27. The Hall–Kier alpha value is -1.14. The standard InChI is InChI=1S/C11H12ClFO4S/c1-2-3-6-17-11(14)8-4-5-9(13)10(7-8)18(12,15)16/h4-5,7H,2-3,6H2,1H3. The molecule has 0 fully saturated rings. The van der Waals surface area contributed by atoms with Gasteiger partial charge in [0.05, 0.1) is 12.2 Å². The van der Waals surface area contributed by atoms with Crippen LogP contribution in [0.15, 0.2) is 23.1 Å². The van der Waals surface area contributed by atoms with Gasteiger partial charge in [0.15, 0.2) is 0 Å². The molecule has 0 aliphatic heterocycles. The van der Waals surface area contributed by atoms with Crippen LogP contribution < -0.4 is 0 Å². The first-order chi connectivity index (χ1) is 8.36. The van der Waals surface area contributed by atoms with Gasteiger partial charge in [-0.15, -0.1) is 0 Å². The maximum absolute atomic E-state index is 13.2. The van der Waals surface area contributed by atoms with Gasteiger partial charge in [-0.25, -0.2) is 17.6 Å². The molecule has 18 heavy (non-hydrogen) atoms. The topological polar surface area (TPSA) is 60.4 Å². The minimum absolute atomic E-state index is 0.0493. The lowest BCUT2D eigenvalue weighted by atomic mass is 10.2. The highest BCUT2D eigenvalue weighted by Crippen LogP contribution is 2.20. The second-order valence-corrected chi connectivity index (χ2v) is 6.11. The molecular weight excluding hydrogens is 283 g/mol. The molecule has 1 aromatic rings. The number of hydrogen-bond donors (Lipinski definition) is 0. The van der Waals surface area contributed by atoms with E-state index >= 15 is 0 Å². The summed E-state index contributed by atoms with van der Waals surface area (Å²) in [7, 11) is 0.822. The number of esters is 1. The number of rotatable bonds is 5. The van der Waals surface area contributed by atoms with E-state index in [4.69, 9.17) is 15.4 Å². The Bertz CT molecular complexity index is 542. The third-order valence-corrected chi connectivity index (χ3v) is 3.50. The van der Waals surface area contributed by atoms with Crippen molar-refractivity contribution in [1.82, 2.24) is 0 Å². The van der Waals surface area contributed by atoms with Crippen molar-refractivity contribution in [2.24, 2.45) is 0 Å². The summed E-state index contributed by atoms with van der Waals surface area (Å²) < 4.78 is 40.2. The van der Waals surface area contributed by atoms with Gasteiger partial charge >= 0.3 is 5.97 Å². The van der Waals surface area contributed by atoms with Crippen molar-refractivity contribution >= 4 is 25.7 Å². The molecule has 0 saturated carbocycles. The van der Waals surface area contributed by atoms with Crippen molar-refractivity contribution in [3.8, 4) is 0 Å². The Morgan fingerprint density at radius 2 is 2.11 bits per heavy atom. The Labute approximate surface area is 109 Å². The maximum Gasteiger partial charge on any atom is 0.338 e. The summed E-state index contributed by atoms with van der Waals surface area (Å²) in [5.41, 5.74) is -0.0493. The number of ether oxygens (including phenoxy) is 1. The van der Waals surface area contributed by atoms with E-state index in [0.29, 0.717) is 6.42 Å². The van der Waals surface area contributed by atoms with Gasteiger partial charge in [0.2, 0.25) is 0 Å². The highest BCUT2D eigenvalue weighted by Gasteiger charge is 2.19. The van der Waals surface area contributed by atoms with E-state index in [-0.39, 0.29) is 12.2 Å². The van der Waals surface area contributed by atoms with Crippen LogP contribution in [-0.4, -0.2) is 21.0 Å². The zero-order chi connectivity index (χ0) is 13.8. The largest absolute Gasteiger partial charge is 0.462 e. The van der Waals surface area contributed by atoms with Gasteiger partial charge in [0.1, 0.15) is 10.7 Å². The molecule has 0 atom stereocenters. The summed E-state index contributed by atoms with van der Waals surface area (Å²) in [5.74, 6) is -1.71. The average Bonchev–Trinajstić information content (AvgIpc) is 2.28. The van der Waals surface area contributed by atoms with Crippen LogP contribution in [0, 0.1) is 5.82 Å². The van der Waals surface area contributed by atoms with Crippen LogP contribution in [0.3, 0.4) is 0 Å². The molecular formula is C11H12ClFO4S. The van der Waals surface area contributed by atoms with Gasteiger partial charge < -0.3 is 4.74 Å². The van der Waals surface area contributed by atoms with E-state index in [1.807, 2.05) is 6.92 Å². The summed E-state index contributed by atoms with van der Waals surface area (Å²) in [5, 5.41) is 0. The van der Waals surface area contributed by atoms with Crippen molar-refractivity contribution in [1.29, 1.82) is 0 Å². The predicted molar refractivity (Wildman–Crippen MR) is 64.6 cm³/mol. The summed E-state index contributed by atoms with van der Waals surface area (Å²) >= 11 is 0. The normalized spacial score (nSPS) is 11.3. The summed E-state index contributed by atoms with van der Waals surface area (Å²) in [6, 6.07) is 2.88. The first-order valence-corrected chi connectivity index (χ1v) is 7.58.